The van der Waals surface area contributed by atoms with Crippen LogP contribution in [-0.2, 0) is 0 Å². The molecule has 4 heteroatoms. The van der Waals surface area contributed by atoms with Gasteiger partial charge in [0.1, 0.15) is 5.75 Å². The molecule has 78 valence electrons. The number of hydrogen-bond donors (Lipinski definition) is 2. The Balaban J connectivity index is 2.09. The van der Waals surface area contributed by atoms with Gasteiger partial charge in [0, 0.05) is 17.1 Å². The molecular weight excluding hydrogens is 208 g/mol. The van der Waals surface area contributed by atoms with Gasteiger partial charge in [0.05, 0.1) is 17.2 Å². The molecule has 2 aromatic rings. The molecule has 15 heavy (non-hydrogen) atoms. The van der Waals surface area contributed by atoms with Gasteiger partial charge in [0.25, 0.3) is 0 Å². The molecule has 0 aliphatic carbocycles. The van der Waals surface area contributed by atoms with Crippen molar-refractivity contribution in [1.82, 2.24) is 4.98 Å². The van der Waals surface area contributed by atoms with E-state index >= 15 is 0 Å². The van der Waals surface area contributed by atoms with Gasteiger partial charge in [0.2, 0.25) is 0 Å². The molecule has 2 N–H and O–H groups in total. The van der Waals surface area contributed by atoms with E-state index in [1.165, 1.54) is 0 Å². The lowest BCUT2D eigenvalue weighted by Crippen LogP contribution is -2.06. The van der Waals surface area contributed by atoms with E-state index < -0.39 is 0 Å². The fourth-order valence-electron chi connectivity index (χ4n) is 1.36. The monoisotopic (exact) mass is 220 g/mol. The van der Waals surface area contributed by atoms with Crippen LogP contribution < -0.4 is 5.32 Å². The second kappa shape index (κ2) is 4.31. The molecule has 1 aromatic heterocycles. The standard InChI is InChI=1S/C11H12N2OS/c1-8(11-6-15-7-12-11)13-9-3-2-4-10(14)5-9/h2-8,13-14H,1H3. The first-order valence-corrected chi connectivity index (χ1v) is 5.63. The molecule has 0 radical (unpaired) electrons. The van der Waals surface area contributed by atoms with Crippen LogP contribution in [0.5, 0.6) is 5.75 Å². The fraction of sp³-hybridized carbons (Fsp3) is 0.182. The topological polar surface area (TPSA) is 45.1 Å². The molecule has 1 atom stereocenters. The third-order valence-corrected chi connectivity index (χ3v) is 2.73. The van der Waals surface area contributed by atoms with Crippen LogP contribution in [0.4, 0.5) is 5.69 Å². The van der Waals surface area contributed by atoms with Crippen molar-refractivity contribution in [2.45, 2.75) is 13.0 Å². The lowest BCUT2D eigenvalue weighted by molar-refractivity contribution is 0.475. The van der Waals surface area contributed by atoms with Gasteiger partial charge in [-0.1, -0.05) is 6.07 Å². The fourth-order valence-corrected chi connectivity index (χ4v) is 2.00. The Morgan fingerprint density at radius 2 is 2.33 bits per heavy atom. The van der Waals surface area contributed by atoms with Crippen LogP contribution in [0.15, 0.2) is 35.2 Å². The van der Waals surface area contributed by atoms with Crippen LogP contribution in [0.1, 0.15) is 18.7 Å². The third-order valence-electron chi connectivity index (χ3n) is 2.12. The maximum Gasteiger partial charge on any atom is 0.117 e. The van der Waals surface area contributed by atoms with Crippen molar-refractivity contribution in [2.75, 3.05) is 5.32 Å². The van der Waals surface area contributed by atoms with E-state index in [1.54, 1.807) is 23.5 Å². The molecular formula is C11H12N2OS. The number of aromatic hydroxyl groups is 1. The highest BCUT2D eigenvalue weighted by Crippen LogP contribution is 2.21. The predicted octanol–water partition coefficient (Wildman–Crippen LogP) is 3.02. The molecule has 0 bridgehead atoms. The molecule has 0 aliphatic heterocycles. The molecule has 1 aromatic carbocycles. The molecule has 3 nitrogen and oxygen atoms in total. The van der Waals surface area contributed by atoms with Crippen molar-refractivity contribution in [3.63, 3.8) is 0 Å². The number of thiazole rings is 1. The minimum absolute atomic E-state index is 0.151. The van der Waals surface area contributed by atoms with Gasteiger partial charge in [0.15, 0.2) is 0 Å². The molecule has 0 saturated heterocycles. The van der Waals surface area contributed by atoms with Crippen LogP contribution in [0.3, 0.4) is 0 Å². The normalized spacial score (nSPS) is 12.3. The first-order chi connectivity index (χ1) is 7.25. The smallest absolute Gasteiger partial charge is 0.117 e. The minimum Gasteiger partial charge on any atom is -0.508 e. The maximum absolute atomic E-state index is 9.30. The molecule has 1 heterocycles. The summed E-state index contributed by atoms with van der Waals surface area (Å²) in [5, 5.41) is 14.6. The first-order valence-electron chi connectivity index (χ1n) is 4.69. The molecule has 0 aliphatic rings. The highest BCUT2D eigenvalue weighted by Gasteiger charge is 2.06. The number of hydrogen-bond acceptors (Lipinski definition) is 4. The van der Waals surface area contributed by atoms with E-state index in [2.05, 4.69) is 10.3 Å². The molecule has 1 unspecified atom stereocenters. The van der Waals surface area contributed by atoms with E-state index in [0.29, 0.717) is 0 Å². The largest absolute Gasteiger partial charge is 0.508 e. The highest BCUT2D eigenvalue weighted by atomic mass is 32.1. The van der Waals surface area contributed by atoms with E-state index in [4.69, 9.17) is 0 Å². The zero-order valence-electron chi connectivity index (χ0n) is 8.34. The number of rotatable bonds is 3. The summed E-state index contributed by atoms with van der Waals surface area (Å²) in [7, 11) is 0. The number of nitrogens with one attached hydrogen (secondary N) is 1. The Bertz CT molecular complexity index is 428. The summed E-state index contributed by atoms with van der Waals surface area (Å²) < 4.78 is 0. The van der Waals surface area contributed by atoms with Crippen molar-refractivity contribution in [3.8, 4) is 5.75 Å². The summed E-state index contributed by atoms with van der Waals surface area (Å²) in [6.45, 7) is 2.04. The minimum atomic E-state index is 0.151. The van der Waals surface area contributed by atoms with Crippen LogP contribution in [0.25, 0.3) is 0 Å². The van der Waals surface area contributed by atoms with Crippen molar-refractivity contribution in [1.29, 1.82) is 0 Å². The Morgan fingerprint density at radius 3 is 3.00 bits per heavy atom. The zero-order chi connectivity index (χ0) is 10.7. The van der Waals surface area contributed by atoms with E-state index in [9.17, 15) is 5.11 Å². The second-order valence-corrected chi connectivity index (χ2v) is 4.05. The average Bonchev–Trinajstić information content (AvgIpc) is 2.70. The van der Waals surface area contributed by atoms with Crippen molar-refractivity contribution >= 4 is 17.0 Å². The van der Waals surface area contributed by atoms with Gasteiger partial charge in [-0.3, -0.25) is 0 Å². The summed E-state index contributed by atoms with van der Waals surface area (Å²) in [6.07, 6.45) is 0. The van der Waals surface area contributed by atoms with Crippen molar-refractivity contribution in [3.05, 3.63) is 40.8 Å². The molecule has 0 fully saturated rings. The van der Waals surface area contributed by atoms with Gasteiger partial charge < -0.3 is 10.4 Å². The van der Waals surface area contributed by atoms with Gasteiger partial charge in [-0.05, 0) is 19.1 Å². The third kappa shape index (κ3) is 2.47. The van der Waals surface area contributed by atoms with E-state index in [1.807, 2.05) is 29.9 Å². The number of nitrogens with zero attached hydrogens (tertiary/aromatic N) is 1. The van der Waals surface area contributed by atoms with Crippen LogP contribution in [0.2, 0.25) is 0 Å². The number of anilines is 1. The summed E-state index contributed by atoms with van der Waals surface area (Å²) >= 11 is 1.58. The Labute approximate surface area is 92.4 Å². The SMILES string of the molecule is CC(Nc1cccc(O)c1)c1cscn1. The Hall–Kier alpha value is -1.55. The van der Waals surface area contributed by atoms with Gasteiger partial charge in [-0.25, -0.2) is 4.98 Å². The van der Waals surface area contributed by atoms with Gasteiger partial charge in [-0.2, -0.15) is 0 Å². The van der Waals surface area contributed by atoms with E-state index in [0.717, 1.165) is 11.4 Å². The maximum atomic E-state index is 9.30. The van der Waals surface area contributed by atoms with Crippen LogP contribution in [-0.4, -0.2) is 10.1 Å². The number of benzene rings is 1. The predicted molar refractivity (Wildman–Crippen MR) is 62.3 cm³/mol. The van der Waals surface area contributed by atoms with Crippen molar-refractivity contribution in [2.24, 2.45) is 0 Å². The number of phenols is 1. The zero-order valence-corrected chi connectivity index (χ0v) is 9.16. The lowest BCUT2D eigenvalue weighted by Gasteiger charge is -2.12. The molecule has 2 rings (SSSR count). The molecule has 0 spiro atoms. The van der Waals surface area contributed by atoms with Crippen molar-refractivity contribution < 1.29 is 5.11 Å². The summed E-state index contributed by atoms with van der Waals surface area (Å²) in [5.74, 6) is 0.269. The van der Waals surface area contributed by atoms with Gasteiger partial charge in [-0.15, -0.1) is 11.3 Å². The quantitative estimate of drug-likeness (QED) is 0.835. The lowest BCUT2D eigenvalue weighted by atomic mass is 10.2. The number of phenolic OH excluding ortho intramolecular Hbond substituents is 1. The van der Waals surface area contributed by atoms with E-state index in [-0.39, 0.29) is 11.8 Å². The molecule has 0 amide bonds. The summed E-state index contributed by atoms with van der Waals surface area (Å²) in [6, 6.07) is 7.23. The average molecular weight is 220 g/mol. The van der Waals surface area contributed by atoms with Crippen LogP contribution >= 0.6 is 11.3 Å². The Morgan fingerprint density at radius 1 is 1.47 bits per heavy atom. The Kier molecular flexibility index (Phi) is 2.87. The highest BCUT2D eigenvalue weighted by molar-refractivity contribution is 7.07. The summed E-state index contributed by atoms with van der Waals surface area (Å²) in [5.41, 5.74) is 3.73. The first kappa shape index (κ1) is 9.98. The van der Waals surface area contributed by atoms with Crippen LogP contribution in [0, 0.1) is 0 Å². The number of aromatic nitrogens is 1. The molecule has 0 saturated carbocycles. The van der Waals surface area contributed by atoms with Gasteiger partial charge >= 0.3 is 0 Å². The summed E-state index contributed by atoms with van der Waals surface area (Å²) in [4.78, 5) is 4.23. The second-order valence-electron chi connectivity index (χ2n) is 3.33.